The molecule has 3 aliphatic rings. The lowest BCUT2D eigenvalue weighted by molar-refractivity contribution is -0.113. The number of carbonyl (C=O) groups excluding carboxylic acids is 2. The summed E-state index contributed by atoms with van der Waals surface area (Å²) in [6, 6.07) is 8.40. The molecule has 10 nitrogen and oxygen atoms in total. The maximum Gasteiger partial charge on any atom is 0.282 e. The highest BCUT2D eigenvalue weighted by Crippen LogP contribution is 2.36. The van der Waals surface area contributed by atoms with Crippen LogP contribution in [0.5, 0.6) is 5.88 Å². The second-order valence-electron chi connectivity index (χ2n) is 13.3. The van der Waals surface area contributed by atoms with Crippen molar-refractivity contribution in [1.82, 2.24) is 19.8 Å². The molecule has 1 aliphatic heterocycles. The number of amides is 2. The Balaban J connectivity index is 1.35. The number of benzene rings is 1. The number of halogens is 3. The average molecular weight is 663 g/mol. The van der Waals surface area contributed by atoms with Crippen LogP contribution in [0.15, 0.2) is 41.3 Å². The average Bonchev–Trinajstić information content (AvgIpc) is 3.82. The van der Waals surface area contributed by atoms with E-state index in [-0.39, 0.29) is 51.7 Å². The number of ether oxygens (including phenoxy) is 1. The summed E-state index contributed by atoms with van der Waals surface area (Å²) in [6.07, 6.45) is 6.65. The quantitative estimate of drug-likeness (QED) is 0.271. The lowest BCUT2D eigenvalue weighted by atomic mass is 9.80. The first-order valence-corrected chi connectivity index (χ1v) is 16.2. The third-order valence-electron chi connectivity index (χ3n) is 9.04. The zero-order chi connectivity index (χ0) is 34.3. The normalized spacial score (nSPS) is 17.7. The van der Waals surface area contributed by atoms with E-state index in [1.807, 2.05) is 0 Å². The molecular weight excluding hydrogens is 625 g/mol. The molecule has 13 heteroatoms. The van der Waals surface area contributed by atoms with Crippen molar-refractivity contribution in [3.8, 4) is 23.1 Å². The molecule has 3 heterocycles. The van der Waals surface area contributed by atoms with Crippen LogP contribution in [0.3, 0.4) is 0 Å². The molecule has 2 aromatic heterocycles. The van der Waals surface area contributed by atoms with Crippen molar-refractivity contribution in [2.24, 2.45) is 5.92 Å². The van der Waals surface area contributed by atoms with Gasteiger partial charge in [0.05, 0.1) is 36.4 Å². The Morgan fingerprint density at radius 1 is 1.08 bits per heavy atom. The Morgan fingerprint density at radius 3 is 2.42 bits per heavy atom. The van der Waals surface area contributed by atoms with Gasteiger partial charge >= 0.3 is 0 Å². The van der Waals surface area contributed by atoms with E-state index < -0.39 is 42.2 Å². The summed E-state index contributed by atoms with van der Waals surface area (Å²) in [6.45, 7) is 4.41. The molecule has 6 rings (SSSR count). The fourth-order valence-corrected chi connectivity index (χ4v) is 6.09. The minimum Gasteiger partial charge on any atom is -0.475 e. The maximum absolute atomic E-state index is 15.7. The maximum atomic E-state index is 15.7. The number of anilines is 1. The Labute approximate surface area is 275 Å². The summed E-state index contributed by atoms with van der Waals surface area (Å²) >= 11 is 0. The molecule has 2 N–H and O–H groups in total. The number of pyridine rings is 2. The van der Waals surface area contributed by atoms with Crippen molar-refractivity contribution in [1.29, 1.82) is 5.26 Å². The highest BCUT2D eigenvalue weighted by atomic mass is 19.3. The number of rotatable bonds is 11. The molecule has 2 amide bonds. The number of likely N-dealkylation sites (tertiary alicyclic amines) is 1. The number of nitriles is 1. The minimum atomic E-state index is -3.06. The van der Waals surface area contributed by atoms with Gasteiger partial charge in [0, 0.05) is 36.5 Å². The predicted octanol–water partition coefficient (Wildman–Crippen LogP) is 5.66. The molecule has 1 aromatic carbocycles. The number of alkyl halides is 2. The van der Waals surface area contributed by atoms with Gasteiger partial charge in [-0.15, -0.1) is 0 Å². The third-order valence-corrected chi connectivity index (χ3v) is 9.04. The second-order valence-corrected chi connectivity index (χ2v) is 13.3. The van der Waals surface area contributed by atoms with E-state index in [0.29, 0.717) is 18.5 Å². The number of hydrogen-bond donors (Lipinski definition) is 2. The molecule has 252 valence electrons. The first kappa shape index (κ1) is 33.2. The van der Waals surface area contributed by atoms with Crippen molar-refractivity contribution in [2.75, 3.05) is 18.4 Å². The zero-order valence-electron chi connectivity index (χ0n) is 27.0. The van der Waals surface area contributed by atoms with Crippen LogP contribution >= 0.6 is 0 Å². The molecule has 0 radical (unpaired) electrons. The summed E-state index contributed by atoms with van der Waals surface area (Å²) in [5.74, 6) is -5.13. The fraction of sp³-hybridized carbons (Fsp3) is 0.457. The summed E-state index contributed by atoms with van der Waals surface area (Å²) in [4.78, 5) is 45.7. The number of nitrogens with one attached hydrogen (secondary N) is 2. The van der Waals surface area contributed by atoms with Crippen molar-refractivity contribution >= 4 is 17.6 Å². The van der Waals surface area contributed by atoms with E-state index in [4.69, 9.17) is 4.74 Å². The van der Waals surface area contributed by atoms with E-state index >= 15 is 4.39 Å². The lowest BCUT2D eigenvalue weighted by Gasteiger charge is -2.39. The van der Waals surface area contributed by atoms with Crippen LogP contribution in [0.1, 0.15) is 90.8 Å². The minimum absolute atomic E-state index is 0.0159. The fourth-order valence-electron chi connectivity index (χ4n) is 6.09. The lowest BCUT2D eigenvalue weighted by Crippen LogP contribution is -2.58. The molecule has 0 bridgehead atoms. The Bertz CT molecular complexity index is 1850. The van der Waals surface area contributed by atoms with Crippen LogP contribution in [0, 0.1) is 23.1 Å². The van der Waals surface area contributed by atoms with Crippen LogP contribution in [0.4, 0.5) is 19.0 Å². The third kappa shape index (κ3) is 7.08. The predicted molar refractivity (Wildman–Crippen MR) is 172 cm³/mol. The van der Waals surface area contributed by atoms with Gasteiger partial charge in [0.25, 0.3) is 23.3 Å². The smallest absolute Gasteiger partial charge is 0.282 e. The first-order valence-electron chi connectivity index (χ1n) is 16.2. The van der Waals surface area contributed by atoms with E-state index in [1.165, 1.54) is 31.4 Å². The Kier molecular flexibility index (Phi) is 9.04. The van der Waals surface area contributed by atoms with Crippen LogP contribution in [0.25, 0.3) is 11.1 Å². The molecule has 48 heavy (non-hydrogen) atoms. The van der Waals surface area contributed by atoms with E-state index in [1.54, 1.807) is 36.7 Å². The van der Waals surface area contributed by atoms with Crippen LogP contribution in [-0.4, -0.2) is 57.4 Å². The van der Waals surface area contributed by atoms with Gasteiger partial charge in [-0.05, 0) is 87.8 Å². The number of aromatic nitrogens is 2. The van der Waals surface area contributed by atoms with Gasteiger partial charge < -0.3 is 24.8 Å². The summed E-state index contributed by atoms with van der Waals surface area (Å²) in [5.41, 5.74) is -0.450. The topological polar surface area (TPSA) is 129 Å². The van der Waals surface area contributed by atoms with E-state index in [2.05, 4.69) is 22.5 Å². The van der Waals surface area contributed by atoms with Crippen LogP contribution < -0.4 is 20.9 Å². The standard InChI is InChI=1S/C35H37F3N6O4/c1-19(2)48-30-13-24(31-26(9-21(14-39)11-28(31)36)33(46)43-17-35(37,38)18-43)12-29(41-30)42-32(45)27-10-22(15-40-20(3)23-5-4-6-23)16-44(34(27)47)25-7-8-25/h9-13,16,19-20,23,25,40H,4-8,15,17-18H2,1-3H3,(H,41,42,45)/t20-/m0/s1. The van der Waals surface area contributed by atoms with E-state index in [9.17, 15) is 28.4 Å². The van der Waals surface area contributed by atoms with Gasteiger partial charge in [-0.1, -0.05) is 6.42 Å². The number of hydrogen-bond acceptors (Lipinski definition) is 7. The molecule has 1 atom stereocenters. The van der Waals surface area contributed by atoms with Gasteiger partial charge in [0.2, 0.25) is 5.88 Å². The molecule has 3 fully saturated rings. The zero-order valence-corrected chi connectivity index (χ0v) is 27.0. The Morgan fingerprint density at radius 2 is 1.81 bits per heavy atom. The Hall–Kier alpha value is -4.70. The van der Waals surface area contributed by atoms with Crippen LogP contribution in [0.2, 0.25) is 0 Å². The van der Waals surface area contributed by atoms with E-state index in [0.717, 1.165) is 35.4 Å². The second kappa shape index (κ2) is 13.1. The SMILES string of the molecule is CC(C)Oc1cc(-c2c(F)cc(C#N)cc2C(=O)N2CC(F)(F)C2)cc(NC(=O)c2cc(CN[C@@H](C)C3CCC3)cn(C3CC3)c2=O)n1. The van der Waals surface area contributed by atoms with Crippen molar-refractivity contribution < 1.29 is 27.5 Å². The van der Waals surface area contributed by atoms with Gasteiger partial charge in [-0.3, -0.25) is 14.4 Å². The van der Waals surface area contributed by atoms with Gasteiger partial charge in [0.15, 0.2) is 0 Å². The molecule has 0 unspecified atom stereocenters. The van der Waals surface area contributed by atoms with Gasteiger partial charge in [0.1, 0.15) is 17.2 Å². The van der Waals surface area contributed by atoms with Gasteiger partial charge in [-0.2, -0.15) is 10.2 Å². The summed E-state index contributed by atoms with van der Waals surface area (Å²) < 4.78 is 50.4. The number of nitrogens with zero attached hydrogens (tertiary/aromatic N) is 4. The highest BCUT2D eigenvalue weighted by Gasteiger charge is 2.47. The molecule has 3 aromatic rings. The molecular formula is C35H37F3N6O4. The van der Waals surface area contributed by atoms with Crippen LogP contribution in [-0.2, 0) is 6.54 Å². The van der Waals surface area contributed by atoms with Gasteiger partial charge in [-0.25, -0.2) is 13.2 Å². The molecule has 2 aliphatic carbocycles. The first-order chi connectivity index (χ1) is 22.8. The van der Waals surface area contributed by atoms with Crippen molar-refractivity contribution in [3.63, 3.8) is 0 Å². The van der Waals surface area contributed by atoms with Crippen molar-refractivity contribution in [2.45, 2.75) is 83.5 Å². The molecule has 2 saturated carbocycles. The molecule has 1 saturated heterocycles. The van der Waals surface area contributed by atoms with Crippen molar-refractivity contribution in [3.05, 3.63) is 75.0 Å². The highest BCUT2D eigenvalue weighted by molar-refractivity contribution is 6.05. The summed E-state index contributed by atoms with van der Waals surface area (Å²) in [7, 11) is 0. The summed E-state index contributed by atoms with van der Waals surface area (Å²) in [5, 5.41) is 15.6. The molecule has 0 spiro atoms. The number of carbonyl (C=O) groups is 2. The monoisotopic (exact) mass is 662 g/mol. The largest absolute Gasteiger partial charge is 0.475 e.